The van der Waals surface area contributed by atoms with Crippen molar-refractivity contribution in [2.45, 2.75) is 36.3 Å². The van der Waals surface area contributed by atoms with E-state index < -0.39 is 0 Å². The van der Waals surface area contributed by atoms with Crippen LogP contribution in [0.3, 0.4) is 0 Å². The Morgan fingerprint density at radius 2 is 2.15 bits per heavy atom. The van der Waals surface area contributed by atoms with Crippen molar-refractivity contribution in [3.05, 3.63) is 56.7 Å². The molecule has 0 saturated carbocycles. The first kappa shape index (κ1) is 13.7. The highest BCUT2D eigenvalue weighted by molar-refractivity contribution is 7.98. The fourth-order valence-electron chi connectivity index (χ4n) is 2.43. The van der Waals surface area contributed by atoms with E-state index in [-0.39, 0.29) is 5.56 Å². The second kappa shape index (κ2) is 6.02. The largest absolute Gasteiger partial charge is 0.310 e. The van der Waals surface area contributed by atoms with Crippen LogP contribution in [-0.4, -0.2) is 9.97 Å². The maximum Gasteiger partial charge on any atom is 0.254 e. The number of nitrogens with zero attached hydrogens (tertiary/aromatic N) is 1. The van der Waals surface area contributed by atoms with Crippen LogP contribution in [0.25, 0.3) is 0 Å². The molecule has 1 aliphatic rings. The second-order valence-electron chi connectivity index (χ2n) is 4.89. The summed E-state index contributed by atoms with van der Waals surface area (Å²) in [5.41, 5.74) is 1.91. The van der Waals surface area contributed by atoms with Crippen LogP contribution in [0, 0.1) is 0 Å². The summed E-state index contributed by atoms with van der Waals surface area (Å²) in [6, 6.07) is 7.70. The van der Waals surface area contributed by atoms with Gasteiger partial charge in [0.05, 0.1) is 11.4 Å². The Bertz CT molecular complexity index is 684. The smallest absolute Gasteiger partial charge is 0.254 e. The normalized spacial score (nSPS) is 14.1. The van der Waals surface area contributed by atoms with Gasteiger partial charge >= 0.3 is 0 Å². The van der Waals surface area contributed by atoms with E-state index in [1.807, 2.05) is 24.3 Å². The number of thioether (sulfide) groups is 1. The third-order valence-electron chi connectivity index (χ3n) is 3.41. The lowest BCUT2D eigenvalue weighted by Gasteiger charge is -2.14. The number of nitrogens with one attached hydrogen (secondary N) is 1. The number of rotatable bonds is 3. The fraction of sp³-hybridized carbons (Fsp3) is 0.333. The highest BCUT2D eigenvalue weighted by atomic mass is 35.5. The van der Waals surface area contributed by atoms with Gasteiger partial charge in [-0.3, -0.25) is 4.79 Å². The van der Waals surface area contributed by atoms with Gasteiger partial charge < -0.3 is 4.98 Å². The molecule has 2 aromatic rings. The lowest BCUT2D eigenvalue weighted by Crippen LogP contribution is -2.22. The van der Waals surface area contributed by atoms with E-state index in [0.717, 1.165) is 52.7 Å². The predicted molar refractivity (Wildman–Crippen MR) is 82.5 cm³/mol. The molecule has 5 heteroatoms. The van der Waals surface area contributed by atoms with E-state index in [4.69, 9.17) is 11.6 Å². The van der Waals surface area contributed by atoms with Gasteiger partial charge in [-0.05, 0) is 43.9 Å². The molecule has 0 amide bonds. The molecule has 0 bridgehead atoms. The van der Waals surface area contributed by atoms with E-state index in [9.17, 15) is 4.79 Å². The maximum atomic E-state index is 12.0. The van der Waals surface area contributed by atoms with E-state index in [2.05, 4.69) is 9.97 Å². The molecular formula is C15H15ClN2OS. The molecule has 0 radical (unpaired) electrons. The number of aryl methyl sites for hydroxylation is 1. The van der Waals surface area contributed by atoms with Crippen molar-refractivity contribution in [3.8, 4) is 0 Å². The summed E-state index contributed by atoms with van der Waals surface area (Å²) in [7, 11) is 0. The third kappa shape index (κ3) is 3.07. The minimum absolute atomic E-state index is 0.0383. The number of aromatic nitrogens is 2. The molecule has 0 unspecified atom stereocenters. The summed E-state index contributed by atoms with van der Waals surface area (Å²) >= 11 is 7.59. The molecule has 0 spiro atoms. The summed E-state index contributed by atoms with van der Waals surface area (Å²) in [6.45, 7) is 0. The molecule has 0 atom stereocenters. The monoisotopic (exact) mass is 306 g/mol. The zero-order valence-electron chi connectivity index (χ0n) is 11.0. The Kier molecular flexibility index (Phi) is 4.13. The zero-order chi connectivity index (χ0) is 13.9. The molecule has 3 rings (SSSR count). The Labute approximate surface area is 126 Å². The first-order valence-corrected chi connectivity index (χ1v) is 8.08. The number of halogens is 1. The van der Waals surface area contributed by atoms with Crippen molar-refractivity contribution >= 4 is 23.4 Å². The minimum atomic E-state index is 0.0383. The highest BCUT2D eigenvalue weighted by Crippen LogP contribution is 2.24. The lowest BCUT2D eigenvalue weighted by molar-refractivity contribution is 0.651. The summed E-state index contributed by atoms with van der Waals surface area (Å²) in [5.74, 6) is 1.41. The predicted octanol–water partition coefficient (Wildman–Crippen LogP) is 3.59. The van der Waals surface area contributed by atoms with Gasteiger partial charge in [-0.1, -0.05) is 17.7 Å². The van der Waals surface area contributed by atoms with Crippen molar-refractivity contribution in [1.82, 2.24) is 9.97 Å². The zero-order valence-corrected chi connectivity index (χ0v) is 12.6. The average Bonchev–Trinajstić information content (AvgIpc) is 2.45. The van der Waals surface area contributed by atoms with Crippen molar-refractivity contribution in [2.75, 3.05) is 0 Å². The van der Waals surface area contributed by atoms with E-state index in [1.54, 1.807) is 11.8 Å². The lowest BCUT2D eigenvalue weighted by atomic mass is 9.97. The van der Waals surface area contributed by atoms with Gasteiger partial charge in [-0.2, -0.15) is 0 Å². The Hall–Kier alpha value is -1.26. The standard InChI is InChI=1S/C15H15ClN2OS/c16-10-4-3-5-11(8-10)20-9-14-17-13-7-2-1-6-12(13)15(19)18-14/h3-5,8H,1-2,6-7,9H2,(H,17,18,19). The van der Waals surface area contributed by atoms with Gasteiger partial charge in [0.2, 0.25) is 0 Å². The number of fused-ring (bicyclic) bond motifs is 1. The van der Waals surface area contributed by atoms with Crippen LogP contribution >= 0.6 is 23.4 Å². The number of aromatic amines is 1. The number of H-pyrrole nitrogens is 1. The van der Waals surface area contributed by atoms with Crippen LogP contribution in [-0.2, 0) is 18.6 Å². The summed E-state index contributed by atoms with van der Waals surface area (Å²) in [4.78, 5) is 20.6. The topological polar surface area (TPSA) is 45.8 Å². The van der Waals surface area contributed by atoms with Crippen LogP contribution in [0.2, 0.25) is 5.02 Å². The van der Waals surface area contributed by atoms with Gasteiger partial charge in [0.25, 0.3) is 5.56 Å². The molecule has 1 aromatic heterocycles. The fourth-order valence-corrected chi connectivity index (χ4v) is 3.51. The maximum absolute atomic E-state index is 12.0. The van der Waals surface area contributed by atoms with Crippen LogP contribution < -0.4 is 5.56 Å². The molecule has 0 saturated heterocycles. The molecule has 1 aliphatic carbocycles. The highest BCUT2D eigenvalue weighted by Gasteiger charge is 2.15. The molecule has 0 fully saturated rings. The molecule has 0 aliphatic heterocycles. The molecule has 1 N–H and O–H groups in total. The van der Waals surface area contributed by atoms with Gasteiger partial charge in [-0.15, -0.1) is 11.8 Å². The quantitative estimate of drug-likeness (QED) is 0.881. The Morgan fingerprint density at radius 1 is 1.30 bits per heavy atom. The second-order valence-corrected chi connectivity index (χ2v) is 6.38. The first-order valence-electron chi connectivity index (χ1n) is 6.72. The van der Waals surface area contributed by atoms with Crippen LogP contribution in [0.4, 0.5) is 0 Å². The Balaban J connectivity index is 1.78. The first-order chi connectivity index (χ1) is 9.72. The van der Waals surface area contributed by atoms with Crippen LogP contribution in [0.15, 0.2) is 34.0 Å². The summed E-state index contributed by atoms with van der Waals surface area (Å²) in [5, 5.41) is 0.724. The van der Waals surface area contributed by atoms with E-state index in [0.29, 0.717) is 5.75 Å². The van der Waals surface area contributed by atoms with Crippen molar-refractivity contribution < 1.29 is 0 Å². The van der Waals surface area contributed by atoms with Gasteiger partial charge in [0.15, 0.2) is 0 Å². The average molecular weight is 307 g/mol. The number of hydrogen-bond acceptors (Lipinski definition) is 3. The minimum Gasteiger partial charge on any atom is -0.310 e. The summed E-state index contributed by atoms with van der Waals surface area (Å²) in [6.07, 6.45) is 4.01. The molecular weight excluding hydrogens is 292 g/mol. The van der Waals surface area contributed by atoms with Crippen molar-refractivity contribution in [1.29, 1.82) is 0 Å². The van der Waals surface area contributed by atoms with Crippen molar-refractivity contribution in [2.24, 2.45) is 0 Å². The van der Waals surface area contributed by atoms with Crippen molar-refractivity contribution in [3.63, 3.8) is 0 Å². The van der Waals surface area contributed by atoms with E-state index in [1.165, 1.54) is 0 Å². The SMILES string of the molecule is O=c1[nH]c(CSc2cccc(Cl)c2)nc2c1CCCC2. The van der Waals surface area contributed by atoms with Gasteiger partial charge in [-0.25, -0.2) is 4.98 Å². The molecule has 1 aromatic carbocycles. The van der Waals surface area contributed by atoms with Crippen LogP contribution in [0.5, 0.6) is 0 Å². The summed E-state index contributed by atoms with van der Waals surface area (Å²) < 4.78 is 0. The van der Waals surface area contributed by atoms with E-state index >= 15 is 0 Å². The molecule has 20 heavy (non-hydrogen) atoms. The number of benzene rings is 1. The molecule has 104 valence electrons. The third-order valence-corrected chi connectivity index (χ3v) is 4.65. The van der Waals surface area contributed by atoms with Gasteiger partial charge in [0, 0.05) is 15.5 Å². The molecule has 3 nitrogen and oxygen atoms in total. The Morgan fingerprint density at radius 3 is 3.00 bits per heavy atom. The number of hydrogen-bond donors (Lipinski definition) is 1. The molecule has 1 heterocycles. The van der Waals surface area contributed by atoms with Gasteiger partial charge in [0.1, 0.15) is 5.82 Å². The van der Waals surface area contributed by atoms with Crippen LogP contribution in [0.1, 0.15) is 29.9 Å².